The number of carbonyl (C=O) groups excluding carboxylic acids is 2. The van der Waals surface area contributed by atoms with Crippen molar-refractivity contribution in [3.63, 3.8) is 0 Å². The maximum atomic E-state index is 13.5. The summed E-state index contributed by atoms with van der Waals surface area (Å²) in [5.41, 5.74) is 2.16. The number of aliphatic imine (C=N–C) groups is 1. The molecule has 33 heavy (non-hydrogen) atoms. The number of allylic oxidation sites excluding steroid dienone is 1. The van der Waals surface area contributed by atoms with Crippen LogP contribution in [0.3, 0.4) is 0 Å². The molecule has 0 amide bonds. The number of nitriles is 1. The summed E-state index contributed by atoms with van der Waals surface area (Å²) in [5.74, 6) is -1.74. The maximum absolute atomic E-state index is 13.5. The summed E-state index contributed by atoms with van der Waals surface area (Å²) in [4.78, 5) is 27.7. The van der Waals surface area contributed by atoms with Gasteiger partial charge in [0, 0.05) is 24.8 Å². The zero-order valence-electron chi connectivity index (χ0n) is 17.5. The van der Waals surface area contributed by atoms with Crippen molar-refractivity contribution < 1.29 is 31.7 Å². The number of alkyl halides is 3. The lowest BCUT2D eigenvalue weighted by atomic mass is 9.83. The second kappa shape index (κ2) is 9.76. The summed E-state index contributed by atoms with van der Waals surface area (Å²) < 4.78 is 57.4. The fraction of sp³-hybridized carbons (Fsp3) is 0.300. The molecule has 8 nitrogen and oxygen atoms in total. The number of hydrogen-bond donors (Lipinski definition) is 2. The van der Waals surface area contributed by atoms with Gasteiger partial charge >= 0.3 is 12.1 Å². The van der Waals surface area contributed by atoms with Crippen molar-refractivity contribution in [3.8, 4) is 6.07 Å². The fourth-order valence-electron chi connectivity index (χ4n) is 3.05. The van der Waals surface area contributed by atoms with Crippen molar-refractivity contribution in [2.75, 3.05) is 18.7 Å². The Morgan fingerprint density at radius 1 is 1.42 bits per heavy atom. The standard InChI is InChI=1S/C20H18ClF3N4O4S/c1-10(29)15(26)17(33(3)31)18-27-16-12(8-11(9-13(16)21)20(22,23)24)19(28-18,6-7-25)5-4-14(30)32-2/h4-5,8-9H,6,26H2,1-3H3,(H,27,28)/b5-4+,17-15?. The van der Waals surface area contributed by atoms with E-state index in [9.17, 15) is 32.2 Å². The Hall–Kier alpha value is -3.17. The van der Waals surface area contributed by atoms with Crippen LogP contribution in [0.1, 0.15) is 24.5 Å². The third-order valence-corrected chi connectivity index (χ3v) is 5.90. The van der Waals surface area contributed by atoms with Gasteiger partial charge in [0.15, 0.2) is 5.78 Å². The molecule has 1 aliphatic rings. The summed E-state index contributed by atoms with van der Waals surface area (Å²) in [6.07, 6.45) is -2.13. The molecule has 3 N–H and O–H groups in total. The first kappa shape index (κ1) is 26.1. The Labute approximate surface area is 194 Å². The molecular weight excluding hydrogens is 485 g/mol. The number of amidine groups is 1. The first-order chi connectivity index (χ1) is 15.3. The number of nitrogens with zero attached hydrogens (tertiary/aromatic N) is 2. The number of hydrogen-bond acceptors (Lipinski definition) is 8. The van der Waals surface area contributed by atoms with Crippen molar-refractivity contribution in [2.45, 2.75) is 25.1 Å². The molecule has 2 atom stereocenters. The minimum Gasteiger partial charge on any atom is -0.466 e. The van der Waals surface area contributed by atoms with Crippen LogP contribution < -0.4 is 11.1 Å². The highest BCUT2D eigenvalue weighted by molar-refractivity contribution is 7.89. The Morgan fingerprint density at radius 2 is 2.06 bits per heavy atom. The van der Waals surface area contributed by atoms with Gasteiger partial charge in [-0.15, -0.1) is 0 Å². The monoisotopic (exact) mass is 502 g/mol. The molecule has 0 bridgehead atoms. The van der Waals surface area contributed by atoms with Gasteiger partial charge in [-0.05, 0) is 18.2 Å². The minimum atomic E-state index is -4.78. The number of ether oxygens (including phenoxy) is 1. The van der Waals surface area contributed by atoms with E-state index < -0.39 is 51.9 Å². The van der Waals surface area contributed by atoms with Crippen LogP contribution in [0.2, 0.25) is 5.02 Å². The van der Waals surface area contributed by atoms with Crippen LogP contribution in [0, 0.1) is 11.3 Å². The highest BCUT2D eigenvalue weighted by Gasteiger charge is 2.41. The first-order valence-electron chi connectivity index (χ1n) is 9.04. The molecule has 1 aromatic carbocycles. The lowest BCUT2D eigenvalue weighted by molar-refractivity contribution is -0.137. The zero-order chi connectivity index (χ0) is 25.1. The number of rotatable bonds is 6. The number of methoxy groups -OCH3 is 1. The molecular formula is C20H18ClF3N4O4S. The number of fused-ring (bicyclic) bond motifs is 1. The van der Waals surface area contributed by atoms with E-state index in [0.29, 0.717) is 6.07 Å². The summed E-state index contributed by atoms with van der Waals surface area (Å²) in [6.45, 7) is 1.13. The lowest BCUT2D eigenvalue weighted by Crippen LogP contribution is -2.35. The smallest absolute Gasteiger partial charge is 0.416 e. The van der Waals surface area contributed by atoms with E-state index in [4.69, 9.17) is 17.3 Å². The van der Waals surface area contributed by atoms with Gasteiger partial charge in [0.1, 0.15) is 16.3 Å². The van der Waals surface area contributed by atoms with Crippen molar-refractivity contribution >= 4 is 45.7 Å². The molecule has 1 aromatic rings. The van der Waals surface area contributed by atoms with Gasteiger partial charge < -0.3 is 15.8 Å². The number of anilines is 1. The molecule has 0 saturated heterocycles. The minimum absolute atomic E-state index is 0.0845. The van der Waals surface area contributed by atoms with Crippen molar-refractivity contribution in [1.29, 1.82) is 5.26 Å². The first-order valence-corrected chi connectivity index (χ1v) is 11.0. The van der Waals surface area contributed by atoms with Gasteiger partial charge in [-0.1, -0.05) is 11.6 Å². The van der Waals surface area contributed by atoms with E-state index in [2.05, 4.69) is 15.0 Å². The van der Waals surface area contributed by atoms with Crippen LogP contribution in [0.4, 0.5) is 18.9 Å². The van der Waals surface area contributed by atoms with Crippen molar-refractivity contribution in [3.05, 3.63) is 51.0 Å². The highest BCUT2D eigenvalue weighted by Crippen LogP contribution is 2.46. The number of benzene rings is 1. The number of nitrogens with two attached hydrogens (primary N) is 1. The molecule has 0 radical (unpaired) electrons. The topological polar surface area (TPSA) is 135 Å². The number of nitrogens with one attached hydrogen (secondary N) is 1. The number of halogens is 4. The van der Waals surface area contributed by atoms with E-state index in [0.717, 1.165) is 32.3 Å². The van der Waals surface area contributed by atoms with E-state index in [1.807, 2.05) is 6.07 Å². The molecule has 2 unspecified atom stereocenters. The zero-order valence-corrected chi connectivity index (χ0v) is 19.1. The Morgan fingerprint density at radius 3 is 2.55 bits per heavy atom. The molecule has 0 spiro atoms. The van der Waals surface area contributed by atoms with Crippen LogP contribution in [0.25, 0.3) is 0 Å². The maximum Gasteiger partial charge on any atom is 0.416 e. The number of Topliss-reactive ketones (excluding diaryl/α,β-unsaturated/α-hetero) is 1. The Bertz CT molecular complexity index is 1170. The van der Waals surface area contributed by atoms with E-state index in [1.54, 1.807) is 0 Å². The van der Waals surface area contributed by atoms with Gasteiger partial charge in [0.25, 0.3) is 0 Å². The summed E-state index contributed by atoms with van der Waals surface area (Å²) in [6, 6.07) is 3.24. The molecule has 176 valence electrons. The molecule has 1 heterocycles. The van der Waals surface area contributed by atoms with Gasteiger partial charge in [0.2, 0.25) is 0 Å². The molecule has 0 aliphatic carbocycles. The number of esters is 1. The highest BCUT2D eigenvalue weighted by atomic mass is 35.5. The average molecular weight is 503 g/mol. The van der Waals surface area contributed by atoms with Crippen LogP contribution >= 0.6 is 11.6 Å². The van der Waals surface area contributed by atoms with Crippen LogP contribution in [0.15, 0.2) is 39.9 Å². The third-order valence-electron chi connectivity index (χ3n) is 4.61. The predicted molar refractivity (Wildman–Crippen MR) is 117 cm³/mol. The normalized spacial score (nSPS) is 19.5. The fourth-order valence-corrected chi connectivity index (χ4v) is 4.14. The van der Waals surface area contributed by atoms with Gasteiger partial charge in [-0.25, -0.2) is 4.79 Å². The van der Waals surface area contributed by atoms with E-state index >= 15 is 0 Å². The summed E-state index contributed by atoms with van der Waals surface area (Å²) in [5, 5.41) is 11.8. The third kappa shape index (κ3) is 5.43. The van der Waals surface area contributed by atoms with E-state index in [1.165, 1.54) is 6.26 Å². The van der Waals surface area contributed by atoms with Gasteiger partial charge in [0.05, 0.1) is 52.4 Å². The number of ketones is 1. The lowest BCUT2D eigenvalue weighted by Gasteiger charge is -2.34. The van der Waals surface area contributed by atoms with Crippen LogP contribution in [-0.2, 0) is 36.8 Å². The second-order valence-electron chi connectivity index (χ2n) is 6.83. The van der Waals surface area contributed by atoms with Crippen LogP contribution in [0.5, 0.6) is 0 Å². The molecule has 0 fully saturated rings. The van der Waals surface area contributed by atoms with E-state index in [-0.39, 0.29) is 27.0 Å². The largest absolute Gasteiger partial charge is 0.466 e. The molecule has 13 heteroatoms. The quantitative estimate of drug-likeness (QED) is 0.450. The Kier molecular flexibility index (Phi) is 7.72. The SMILES string of the molecule is COC(=O)/C=C/C1(CC#N)N=C(C(=C(N)C(C)=O)S(C)=O)Nc2c(Cl)cc(C(F)(F)F)cc21. The summed E-state index contributed by atoms with van der Waals surface area (Å²) >= 11 is 6.16. The van der Waals surface area contributed by atoms with Crippen LogP contribution in [-0.4, -0.2) is 35.2 Å². The average Bonchev–Trinajstić information content (AvgIpc) is 2.71. The van der Waals surface area contributed by atoms with Crippen molar-refractivity contribution in [1.82, 2.24) is 0 Å². The molecule has 0 saturated carbocycles. The van der Waals surface area contributed by atoms with Crippen molar-refractivity contribution in [2.24, 2.45) is 10.7 Å². The van der Waals surface area contributed by atoms with Gasteiger partial charge in [-0.3, -0.25) is 14.0 Å². The summed E-state index contributed by atoms with van der Waals surface area (Å²) in [7, 11) is -0.801. The molecule has 0 aromatic heterocycles. The number of carbonyl (C=O) groups is 2. The second-order valence-corrected chi connectivity index (χ2v) is 8.56. The molecule has 2 rings (SSSR count). The van der Waals surface area contributed by atoms with Gasteiger partial charge in [-0.2, -0.15) is 18.4 Å². The predicted octanol–water partition coefficient (Wildman–Crippen LogP) is 3.16. The molecule has 1 aliphatic heterocycles. The Balaban J connectivity index is 2.99.